The van der Waals surface area contributed by atoms with Crippen LogP contribution in [0.5, 0.6) is 0 Å². The van der Waals surface area contributed by atoms with Crippen LogP contribution in [0.1, 0.15) is 45.2 Å². The van der Waals surface area contributed by atoms with Gasteiger partial charge in [0.2, 0.25) is 11.8 Å². The highest BCUT2D eigenvalue weighted by atomic mass is 16.2. The molecule has 0 aliphatic carbocycles. The maximum atomic E-state index is 12.3. The Bertz CT molecular complexity index is 875. The lowest BCUT2D eigenvalue weighted by Gasteiger charge is -2.31. The van der Waals surface area contributed by atoms with Crippen LogP contribution < -0.4 is 10.6 Å². The van der Waals surface area contributed by atoms with E-state index in [9.17, 15) is 9.59 Å². The van der Waals surface area contributed by atoms with E-state index in [1.165, 1.54) is 22.1 Å². The summed E-state index contributed by atoms with van der Waals surface area (Å²) < 4.78 is 0. The maximum absolute atomic E-state index is 12.3. The number of nitrogens with one attached hydrogen (secondary N) is 3. The van der Waals surface area contributed by atoms with Crippen LogP contribution in [0.15, 0.2) is 36.0 Å². The van der Waals surface area contributed by atoms with Crippen molar-refractivity contribution in [1.29, 1.82) is 0 Å². The van der Waals surface area contributed by atoms with Gasteiger partial charge >= 0.3 is 0 Å². The van der Waals surface area contributed by atoms with E-state index in [-0.39, 0.29) is 17.7 Å². The number of aromatic amines is 1. The van der Waals surface area contributed by atoms with Gasteiger partial charge in [-0.15, -0.1) is 0 Å². The second kappa shape index (κ2) is 7.99. The summed E-state index contributed by atoms with van der Waals surface area (Å²) in [6.45, 7) is 8.08. The van der Waals surface area contributed by atoms with E-state index < -0.39 is 12.1 Å². The molecule has 0 unspecified atom stereocenters. The molecule has 3 rings (SSSR count). The third-order valence-corrected chi connectivity index (χ3v) is 5.16. The monoisotopic (exact) mass is 367 g/mol. The van der Waals surface area contributed by atoms with Crippen molar-refractivity contribution in [3.05, 3.63) is 47.2 Å². The fourth-order valence-corrected chi connectivity index (χ4v) is 3.51. The molecule has 1 fully saturated rings. The van der Waals surface area contributed by atoms with E-state index in [0.717, 1.165) is 18.4 Å². The zero-order valence-electron chi connectivity index (χ0n) is 16.6. The number of rotatable bonds is 6. The van der Waals surface area contributed by atoms with E-state index >= 15 is 0 Å². The zero-order chi connectivity index (χ0) is 19.6. The van der Waals surface area contributed by atoms with Crippen LogP contribution in [0.2, 0.25) is 0 Å². The number of H-pyrrole nitrogens is 1. The van der Waals surface area contributed by atoms with Crippen LogP contribution in [0.25, 0.3) is 10.9 Å². The fraction of sp³-hybridized carbons (Fsp3) is 0.455. The number of aromatic nitrogens is 1. The summed E-state index contributed by atoms with van der Waals surface area (Å²) in [6, 6.07) is 5.58. The van der Waals surface area contributed by atoms with Gasteiger partial charge in [-0.25, -0.2) is 0 Å². The van der Waals surface area contributed by atoms with Gasteiger partial charge in [-0.2, -0.15) is 0 Å². The molecule has 2 aromatic rings. The Kier molecular flexibility index (Phi) is 5.68. The molecule has 1 aliphatic rings. The summed E-state index contributed by atoms with van der Waals surface area (Å²) in [5.41, 5.74) is 4.87. The molecule has 27 heavy (non-hydrogen) atoms. The average Bonchev–Trinajstić information content (AvgIpc) is 3.02. The Hall–Kier alpha value is -2.56. The minimum absolute atomic E-state index is 0.0857. The van der Waals surface area contributed by atoms with Crippen LogP contribution >= 0.6 is 0 Å². The molecular formula is C22H29N3O2. The van der Waals surface area contributed by atoms with Crippen LogP contribution in [0.4, 0.5) is 0 Å². The molecule has 0 spiro atoms. The lowest BCUT2D eigenvalue weighted by atomic mass is 9.96. The molecule has 5 heteroatoms. The Morgan fingerprint density at radius 2 is 1.93 bits per heavy atom. The van der Waals surface area contributed by atoms with Crippen molar-refractivity contribution in [1.82, 2.24) is 15.6 Å². The average molecular weight is 367 g/mol. The summed E-state index contributed by atoms with van der Waals surface area (Å²) in [5, 5.41) is 6.91. The van der Waals surface area contributed by atoms with Gasteiger partial charge in [-0.05, 0) is 56.2 Å². The van der Waals surface area contributed by atoms with Crippen LogP contribution in [0.3, 0.4) is 0 Å². The van der Waals surface area contributed by atoms with E-state index in [1.807, 2.05) is 20.0 Å². The van der Waals surface area contributed by atoms with Gasteiger partial charge in [0.1, 0.15) is 12.1 Å². The maximum Gasteiger partial charge on any atom is 0.243 e. The van der Waals surface area contributed by atoms with Gasteiger partial charge in [-0.1, -0.05) is 37.6 Å². The number of carbonyl (C=O) groups is 2. The second-order valence-corrected chi connectivity index (χ2v) is 8.01. The van der Waals surface area contributed by atoms with Crippen LogP contribution in [-0.4, -0.2) is 28.9 Å². The summed E-state index contributed by atoms with van der Waals surface area (Å²) in [4.78, 5) is 27.8. The first-order valence-corrected chi connectivity index (χ1v) is 9.68. The molecule has 2 heterocycles. The molecule has 144 valence electrons. The van der Waals surface area contributed by atoms with Gasteiger partial charge in [0.05, 0.1) is 0 Å². The zero-order valence-corrected chi connectivity index (χ0v) is 16.6. The topological polar surface area (TPSA) is 74.0 Å². The first-order valence-electron chi connectivity index (χ1n) is 9.68. The minimum atomic E-state index is -0.464. The molecule has 3 N–H and O–H groups in total. The highest BCUT2D eigenvalue weighted by Gasteiger charge is 2.34. The van der Waals surface area contributed by atoms with Crippen LogP contribution in [-0.2, 0) is 22.4 Å². The number of carbonyl (C=O) groups excluding carboxylic acids is 2. The second-order valence-electron chi connectivity index (χ2n) is 8.01. The highest BCUT2D eigenvalue weighted by Crippen LogP contribution is 2.22. The SMILES string of the molecule is CC(C)=CCc1ccc2c(CC[C@@H]3NC(=O)[C@@H](C(C)C)NC3=O)c[nH]c2c1. The lowest BCUT2D eigenvalue weighted by molar-refractivity contribution is -0.138. The third-order valence-electron chi connectivity index (χ3n) is 5.16. The first kappa shape index (κ1) is 19.2. The number of allylic oxidation sites excluding steroid dienone is 2. The first-order chi connectivity index (χ1) is 12.8. The molecule has 0 radical (unpaired) electrons. The smallest absolute Gasteiger partial charge is 0.243 e. The highest BCUT2D eigenvalue weighted by molar-refractivity contribution is 5.97. The number of hydrogen-bond acceptors (Lipinski definition) is 2. The summed E-state index contributed by atoms with van der Waals surface area (Å²) >= 11 is 0. The third kappa shape index (κ3) is 4.41. The molecular weight excluding hydrogens is 338 g/mol. The van der Waals surface area contributed by atoms with Gasteiger partial charge in [-0.3, -0.25) is 9.59 Å². The van der Waals surface area contributed by atoms with Crippen molar-refractivity contribution < 1.29 is 9.59 Å². The van der Waals surface area contributed by atoms with Gasteiger partial charge in [0, 0.05) is 17.1 Å². The number of piperazine rings is 1. The van der Waals surface area contributed by atoms with E-state index in [4.69, 9.17) is 0 Å². The number of hydrogen-bond donors (Lipinski definition) is 3. The number of benzene rings is 1. The molecule has 0 saturated carbocycles. The largest absolute Gasteiger partial charge is 0.361 e. The van der Waals surface area contributed by atoms with Crippen molar-refractivity contribution >= 4 is 22.7 Å². The van der Waals surface area contributed by atoms with Crippen molar-refractivity contribution in [2.24, 2.45) is 5.92 Å². The fourth-order valence-electron chi connectivity index (χ4n) is 3.51. The normalized spacial score (nSPS) is 19.9. The van der Waals surface area contributed by atoms with Crippen molar-refractivity contribution in [3.8, 4) is 0 Å². The number of aryl methyl sites for hydroxylation is 1. The summed E-state index contributed by atoms with van der Waals surface area (Å²) in [5.74, 6) is -0.0846. The molecule has 1 aromatic carbocycles. The Morgan fingerprint density at radius 3 is 2.63 bits per heavy atom. The molecule has 1 aliphatic heterocycles. The number of fused-ring (bicyclic) bond motifs is 1. The standard InChI is InChI=1S/C22H29N3O2/c1-13(2)5-6-15-7-9-17-16(12-23-19(17)11-15)8-10-18-21(26)25-20(14(3)4)22(27)24-18/h5,7,9,11-12,14,18,20,23H,6,8,10H2,1-4H3,(H,24,27)(H,25,26)/t18-,20+/m0/s1. The van der Waals surface area contributed by atoms with Crippen molar-refractivity contribution in [2.75, 3.05) is 0 Å². The van der Waals surface area contributed by atoms with Gasteiger partial charge < -0.3 is 15.6 Å². The van der Waals surface area contributed by atoms with E-state index in [2.05, 4.69) is 53.7 Å². The van der Waals surface area contributed by atoms with Crippen LogP contribution in [0, 0.1) is 5.92 Å². The molecule has 2 atom stereocenters. The quantitative estimate of drug-likeness (QED) is 0.686. The lowest BCUT2D eigenvalue weighted by Crippen LogP contribution is -2.63. The van der Waals surface area contributed by atoms with Gasteiger partial charge in [0.25, 0.3) is 0 Å². The molecule has 2 amide bonds. The Morgan fingerprint density at radius 1 is 1.15 bits per heavy atom. The number of amides is 2. The Labute approximate surface area is 160 Å². The molecule has 1 aromatic heterocycles. The molecule has 0 bridgehead atoms. The summed E-state index contributed by atoms with van der Waals surface area (Å²) in [7, 11) is 0. The minimum Gasteiger partial charge on any atom is -0.361 e. The predicted octanol–water partition coefficient (Wildman–Crippen LogP) is 3.25. The molecule has 5 nitrogen and oxygen atoms in total. The Balaban J connectivity index is 1.66. The van der Waals surface area contributed by atoms with Crippen molar-refractivity contribution in [2.45, 2.75) is 59.0 Å². The van der Waals surface area contributed by atoms with Gasteiger partial charge in [0.15, 0.2) is 0 Å². The van der Waals surface area contributed by atoms with E-state index in [0.29, 0.717) is 6.42 Å². The molecule has 1 saturated heterocycles. The summed E-state index contributed by atoms with van der Waals surface area (Å²) in [6.07, 6.45) is 6.49. The van der Waals surface area contributed by atoms with E-state index in [1.54, 1.807) is 0 Å². The predicted molar refractivity (Wildman–Crippen MR) is 108 cm³/mol. The van der Waals surface area contributed by atoms with Crippen molar-refractivity contribution in [3.63, 3.8) is 0 Å².